The number of thioether (sulfide) groups is 1. The van der Waals surface area contributed by atoms with E-state index in [4.69, 9.17) is 9.40 Å². The molecule has 160 valence electrons. The molecular formula is C22H27N3O3S2. The van der Waals surface area contributed by atoms with Gasteiger partial charge in [-0.25, -0.2) is 4.98 Å². The van der Waals surface area contributed by atoms with Crippen LogP contribution in [-0.2, 0) is 24.2 Å². The van der Waals surface area contributed by atoms with Crippen LogP contribution in [0.4, 0.5) is 0 Å². The summed E-state index contributed by atoms with van der Waals surface area (Å²) in [5.41, 5.74) is 1.15. The van der Waals surface area contributed by atoms with Crippen molar-refractivity contribution in [2.75, 3.05) is 5.75 Å². The number of furan rings is 1. The summed E-state index contributed by atoms with van der Waals surface area (Å²) in [5.74, 6) is 0.904. The molecule has 0 atom stereocenters. The van der Waals surface area contributed by atoms with Gasteiger partial charge in [-0.3, -0.25) is 14.2 Å². The number of rotatable bonds is 8. The van der Waals surface area contributed by atoms with Crippen LogP contribution in [0.5, 0.6) is 0 Å². The summed E-state index contributed by atoms with van der Waals surface area (Å²) in [6, 6.07) is 3.85. The zero-order valence-electron chi connectivity index (χ0n) is 17.4. The molecule has 1 amide bonds. The van der Waals surface area contributed by atoms with Gasteiger partial charge in [0.2, 0.25) is 5.91 Å². The van der Waals surface area contributed by atoms with Gasteiger partial charge in [-0.05, 0) is 56.2 Å². The number of carbonyl (C=O) groups excluding carboxylic acids is 1. The van der Waals surface area contributed by atoms with Gasteiger partial charge < -0.3 is 9.73 Å². The molecule has 3 heterocycles. The van der Waals surface area contributed by atoms with Crippen molar-refractivity contribution >= 4 is 39.2 Å². The number of aryl methyl sites for hydroxylation is 2. The number of hydrogen-bond donors (Lipinski definition) is 1. The van der Waals surface area contributed by atoms with E-state index in [1.807, 2.05) is 12.1 Å². The summed E-state index contributed by atoms with van der Waals surface area (Å²) < 4.78 is 7.15. The lowest BCUT2D eigenvalue weighted by Gasteiger charge is -2.15. The van der Waals surface area contributed by atoms with Crippen molar-refractivity contribution in [1.82, 2.24) is 14.9 Å². The molecule has 4 rings (SSSR count). The van der Waals surface area contributed by atoms with Crippen LogP contribution in [0.1, 0.15) is 55.7 Å². The normalized spacial score (nSPS) is 13.7. The average molecular weight is 446 g/mol. The third-order valence-electron chi connectivity index (χ3n) is 5.62. The lowest BCUT2D eigenvalue weighted by molar-refractivity contribution is -0.119. The van der Waals surface area contributed by atoms with E-state index in [0.717, 1.165) is 48.7 Å². The second-order valence-electron chi connectivity index (χ2n) is 7.63. The lowest BCUT2D eigenvalue weighted by Crippen LogP contribution is -2.35. The number of nitrogens with one attached hydrogen (secondary N) is 1. The smallest absolute Gasteiger partial charge is 0.263 e. The summed E-state index contributed by atoms with van der Waals surface area (Å²) in [6.07, 6.45) is 7.66. The van der Waals surface area contributed by atoms with Crippen LogP contribution in [0.15, 0.2) is 32.8 Å². The van der Waals surface area contributed by atoms with E-state index in [2.05, 4.69) is 19.2 Å². The lowest BCUT2D eigenvalue weighted by atomic mass is 9.97. The fraction of sp³-hybridized carbons (Fsp3) is 0.500. The Hall–Kier alpha value is -2.06. The maximum absolute atomic E-state index is 13.5. The summed E-state index contributed by atoms with van der Waals surface area (Å²) in [7, 11) is 0. The van der Waals surface area contributed by atoms with Crippen molar-refractivity contribution in [2.45, 2.75) is 70.1 Å². The Morgan fingerprint density at radius 1 is 1.33 bits per heavy atom. The van der Waals surface area contributed by atoms with E-state index >= 15 is 0 Å². The van der Waals surface area contributed by atoms with Crippen LogP contribution in [0.3, 0.4) is 0 Å². The maximum atomic E-state index is 13.5. The molecule has 0 saturated heterocycles. The Labute approximate surface area is 184 Å². The Morgan fingerprint density at radius 2 is 2.13 bits per heavy atom. The Balaban J connectivity index is 1.68. The topological polar surface area (TPSA) is 77.1 Å². The van der Waals surface area contributed by atoms with Crippen LogP contribution < -0.4 is 10.9 Å². The van der Waals surface area contributed by atoms with E-state index in [1.54, 1.807) is 22.2 Å². The first-order valence-corrected chi connectivity index (χ1v) is 12.4. The minimum atomic E-state index is -0.0296. The highest BCUT2D eigenvalue weighted by Gasteiger charge is 2.23. The van der Waals surface area contributed by atoms with E-state index in [-0.39, 0.29) is 23.3 Å². The molecule has 0 fully saturated rings. The van der Waals surface area contributed by atoms with Gasteiger partial charge in [0, 0.05) is 10.9 Å². The van der Waals surface area contributed by atoms with Crippen molar-refractivity contribution in [1.29, 1.82) is 0 Å². The predicted octanol–water partition coefficient (Wildman–Crippen LogP) is 4.38. The molecule has 3 aromatic heterocycles. The number of thiophene rings is 1. The highest BCUT2D eigenvalue weighted by Crippen LogP contribution is 2.34. The molecule has 6 nitrogen and oxygen atoms in total. The van der Waals surface area contributed by atoms with E-state index in [9.17, 15) is 9.59 Å². The molecular weight excluding hydrogens is 418 g/mol. The molecule has 0 bridgehead atoms. The van der Waals surface area contributed by atoms with Crippen molar-refractivity contribution < 1.29 is 9.21 Å². The predicted molar refractivity (Wildman–Crippen MR) is 122 cm³/mol. The summed E-state index contributed by atoms with van der Waals surface area (Å²) in [6.45, 7) is 4.45. The van der Waals surface area contributed by atoms with E-state index in [0.29, 0.717) is 17.5 Å². The van der Waals surface area contributed by atoms with Gasteiger partial charge in [0.05, 0.1) is 23.9 Å². The number of aromatic nitrogens is 2. The number of nitrogens with zero attached hydrogens (tertiary/aromatic N) is 2. The second-order valence-corrected chi connectivity index (χ2v) is 9.65. The molecule has 0 saturated carbocycles. The number of hydrogen-bond acceptors (Lipinski definition) is 6. The summed E-state index contributed by atoms with van der Waals surface area (Å²) in [5, 5.41) is 4.38. The number of fused-ring (bicyclic) bond motifs is 3. The van der Waals surface area contributed by atoms with Gasteiger partial charge in [0.1, 0.15) is 10.6 Å². The first-order valence-electron chi connectivity index (χ1n) is 10.6. The number of amides is 1. The minimum absolute atomic E-state index is 0.0290. The fourth-order valence-electron chi connectivity index (χ4n) is 3.92. The standard InChI is InChI=1S/C22H27N3O3S2/c1-3-14(4-2)23-18(26)13-29-22-24-20-19(16-9-5-6-10-17(16)30-20)21(27)25(22)12-15-8-7-11-28-15/h7-8,11,14H,3-6,9-10,12-13H2,1-2H3,(H,23,26). The van der Waals surface area contributed by atoms with Crippen LogP contribution in [0, 0.1) is 0 Å². The van der Waals surface area contributed by atoms with Gasteiger partial charge in [0.25, 0.3) is 5.56 Å². The van der Waals surface area contributed by atoms with Crippen LogP contribution >= 0.6 is 23.1 Å². The molecule has 3 aromatic rings. The zero-order valence-corrected chi connectivity index (χ0v) is 19.0. The van der Waals surface area contributed by atoms with Crippen molar-refractivity contribution in [2.24, 2.45) is 0 Å². The van der Waals surface area contributed by atoms with Gasteiger partial charge in [-0.2, -0.15) is 0 Å². The van der Waals surface area contributed by atoms with Crippen molar-refractivity contribution in [3.63, 3.8) is 0 Å². The average Bonchev–Trinajstić information content (AvgIpc) is 3.40. The quantitative estimate of drug-likeness (QED) is 0.411. The highest BCUT2D eigenvalue weighted by molar-refractivity contribution is 7.99. The Morgan fingerprint density at radius 3 is 2.87 bits per heavy atom. The fourth-order valence-corrected chi connectivity index (χ4v) is 6.03. The summed E-state index contributed by atoms with van der Waals surface area (Å²) >= 11 is 2.95. The number of carbonyl (C=O) groups is 1. The molecule has 1 aliphatic rings. The van der Waals surface area contributed by atoms with E-state index in [1.165, 1.54) is 22.2 Å². The van der Waals surface area contributed by atoms with Crippen LogP contribution in [0.2, 0.25) is 0 Å². The third kappa shape index (κ3) is 4.34. The molecule has 1 aliphatic carbocycles. The monoisotopic (exact) mass is 445 g/mol. The Bertz CT molecular complexity index is 1080. The molecule has 8 heteroatoms. The maximum Gasteiger partial charge on any atom is 0.263 e. The molecule has 30 heavy (non-hydrogen) atoms. The SMILES string of the molecule is CCC(CC)NC(=O)CSc1nc2sc3c(c2c(=O)n1Cc1ccco1)CCCC3. The summed E-state index contributed by atoms with van der Waals surface area (Å²) in [4.78, 5) is 32.8. The van der Waals surface area contributed by atoms with Crippen molar-refractivity contribution in [3.05, 3.63) is 45.0 Å². The molecule has 0 radical (unpaired) electrons. The molecule has 0 spiro atoms. The minimum Gasteiger partial charge on any atom is -0.467 e. The van der Waals surface area contributed by atoms with Crippen LogP contribution in [0.25, 0.3) is 10.2 Å². The molecule has 0 aliphatic heterocycles. The van der Waals surface area contributed by atoms with Gasteiger partial charge in [-0.1, -0.05) is 25.6 Å². The van der Waals surface area contributed by atoms with Gasteiger partial charge in [-0.15, -0.1) is 11.3 Å². The van der Waals surface area contributed by atoms with Gasteiger partial charge >= 0.3 is 0 Å². The first kappa shape index (κ1) is 21.2. The largest absolute Gasteiger partial charge is 0.467 e. The van der Waals surface area contributed by atoms with E-state index < -0.39 is 0 Å². The molecule has 0 unspecified atom stereocenters. The Kier molecular flexibility index (Phi) is 6.63. The third-order valence-corrected chi connectivity index (χ3v) is 7.78. The van der Waals surface area contributed by atoms with Gasteiger partial charge in [0.15, 0.2) is 5.16 Å². The molecule has 1 N–H and O–H groups in total. The van der Waals surface area contributed by atoms with Crippen LogP contribution in [-0.4, -0.2) is 27.3 Å². The first-order chi connectivity index (χ1) is 14.6. The zero-order chi connectivity index (χ0) is 21.1. The van der Waals surface area contributed by atoms with Crippen molar-refractivity contribution in [3.8, 4) is 0 Å². The highest BCUT2D eigenvalue weighted by atomic mass is 32.2. The second kappa shape index (κ2) is 9.39. The molecule has 0 aromatic carbocycles.